The van der Waals surface area contributed by atoms with Crippen LogP contribution in [0.5, 0.6) is 0 Å². The molecule has 0 saturated carbocycles. The lowest BCUT2D eigenvalue weighted by Crippen LogP contribution is -2.32. The minimum atomic E-state index is 0.567. The number of pyridine rings is 1. The van der Waals surface area contributed by atoms with Gasteiger partial charge in [-0.15, -0.1) is 0 Å². The van der Waals surface area contributed by atoms with E-state index in [4.69, 9.17) is 5.73 Å². The summed E-state index contributed by atoms with van der Waals surface area (Å²) in [5.74, 6) is 3.59. The molecule has 1 aromatic rings. The second-order valence-corrected chi connectivity index (χ2v) is 5.47. The quantitative estimate of drug-likeness (QED) is 0.870. The summed E-state index contributed by atoms with van der Waals surface area (Å²) in [5.41, 5.74) is 7.94. The highest BCUT2D eigenvalue weighted by Crippen LogP contribution is 2.26. The number of anilines is 1. The standard InChI is InChI=1S/C12H19N3S/c1-9-5-10(6-13)7-14-12(9)15(2)11-3-4-16-8-11/h5,7,11H,3-4,6,8,13H2,1-2H3. The van der Waals surface area contributed by atoms with Crippen LogP contribution in [0.4, 0.5) is 5.82 Å². The summed E-state index contributed by atoms with van der Waals surface area (Å²) < 4.78 is 0. The maximum atomic E-state index is 5.61. The lowest BCUT2D eigenvalue weighted by molar-refractivity contribution is 0.689. The average molecular weight is 237 g/mol. The molecule has 1 atom stereocenters. The van der Waals surface area contributed by atoms with Crippen molar-refractivity contribution in [3.8, 4) is 0 Å². The van der Waals surface area contributed by atoms with E-state index in [1.807, 2.05) is 18.0 Å². The van der Waals surface area contributed by atoms with Crippen molar-refractivity contribution in [2.45, 2.75) is 25.9 Å². The van der Waals surface area contributed by atoms with Gasteiger partial charge in [-0.25, -0.2) is 4.98 Å². The monoisotopic (exact) mass is 237 g/mol. The third-order valence-electron chi connectivity index (χ3n) is 3.13. The number of aromatic nitrogens is 1. The van der Waals surface area contributed by atoms with E-state index in [1.165, 1.54) is 23.5 Å². The Morgan fingerprint density at radius 3 is 3.00 bits per heavy atom. The van der Waals surface area contributed by atoms with Crippen LogP contribution in [0, 0.1) is 6.92 Å². The summed E-state index contributed by atoms with van der Waals surface area (Å²) in [4.78, 5) is 6.85. The topological polar surface area (TPSA) is 42.1 Å². The normalized spacial score (nSPS) is 20.1. The van der Waals surface area contributed by atoms with Gasteiger partial charge in [-0.1, -0.05) is 0 Å². The fourth-order valence-corrected chi connectivity index (χ4v) is 3.37. The Bertz CT molecular complexity index is 361. The highest BCUT2D eigenvalue weighted by Gasteiger charge is 2.21. The van der Waals surface area contributed by atoms with Crippen LogP contribution in [0.3, 0.4) is 0 Å². The second-order valence-electron chi connectivity index (χ2n) is 4.32. The van der Waals surface area contributed by atoms with Crippen molar-refractivity contribution in [1.29, 1.82) is 0 Å². The molecule has 0 spiro atoms. The zero-order valence-electron chi connectivity index (χ0n) is 9.94. The molecule has 88 valence electrons. The molecule has 16 heavy (non-hydrogen) atoms. The van der Waals surface area contributed by atoms with Gasteiger partial charge in [-0.2, -0.15) is 11.8 Å². The Morgan fingerprint density at radius 2 is 2.44 bits per heavy atom. The van der Waals surface area contributed by atoms with Crippen LogP contribution in [0.2, 0.25) is 0 Å². The van der Waals surface area contributed by atoms with E-state index in [-0.39, 0.29) is 0 Å². The Kier molecular flexibility index (Phi) is 3.71. The van der Waals surface area contributed by atoms with Crippen molar-refractivity contribution in [2.24, 2.45) is 5.73 Å². The van der Waals surface area contributed by atoms with Gasteiger partial charge >= 0.3 is 0 Å². The van der Waals surface area contributed by atoms with Crippen LogP contribution in [-0.4, -0.2) is 29.6 Å². The minimum absolute atomic E-state index is 0.567. The molecule has 4 heteroatoms. The second kappa shape index (κ2) is 5.06. The number of aryl methyl sites for hydroxylation is 1. The molecular formula is C12H19N3S. The molecule has 0 amide bonds. The summed E-state index contributed by atoms with van der Waals surface area (Å²) >= 11 is 2.03. The van der Waals surface area contributed by atoms with Crippen molar-refractivity contribution >= 4 is 17.6 Å². The Labute approximate surface area is 101 Å². The average Bonchev–Trinajstić information content (AvgIpc) is 2.81. The first kappa shape index (κ1) is 11.7. The van der Waals surface area contributed by atoms with Crippen molar-refractivity contribution < 1.29 is 0 Å². The Morgan fingerprint density at radius 1 is 1.62 bits per heavy atom. The molecule has 1 aromatic heterocycles. The van der Waals surface area contributed by atoms with Crippen molar-refractivity contribution in [3.05, 3.63) is 23.4 Å². The third-order valence-corrected chi connectivity index (χ3v) is 4.28. The van der Waals surface area contributed by atoms with E-state index in [1.54, 1.807) is 0 Å². The Balaban J connectivity index is 2.19. The molecule has 2 rings (SSSR count). The number of nitrogens with zero attached hydrogens (tertiary/aromatic N) is 2. The van der Waals surface area contributed by atoms with E-state index in [0.29, 0.717) is 12.6 Å². The number of thioether (sulfide) groups is 1. The third kappa shape index (κ3) is 2.33. The molecule has 1 aliphatic heterocycles. The summed E-state index contributed by atoms with van der Waals surface area (Å²) in [6, 6.07) is 2.78. The predicted molar refractivity (Wildman–Crippen MR) is 71.0 cm³/mol. The van der Waals surface area contributed by atoms with E-state index < -0.39 is 0 Å². The smallest absolute Gasteiger partial charge is 0.131 e. The maximum absolute atomic E-state index is 5.61. The lowest BCUT2D eigenvalue weighted by atomic mass is 10.1. The summed E-state index contributed by atoms with van der Waals surface area (Å²) in [6.45, 7) is 2.68. The van der Waals surface area contributed by atoms with Gasteiger partial charge in [0.05, 0.1) is 0 Å². The largest absolute Gasteiger partial charge is 0.356 e. The van der Waals surface area contributed by atoms with E-state index in [9.17, 15) is 0 Å². The van der Waals surface area contributed by atoms with Gasteiger partial charge < -0.3 is 10.6 Å². The van der Waals surface area contributed by atoms with Crippen LogP contribution in [0.1, 0.15) is 17.5 Å². The van der Waals surface area contributed by atoms with Crippen LogP contribution < -0.4 is 10.6 Å². The highest BCUT2D eigenvalue weighted by molar-refractivity contribution is 7.99. The fraction of sp³-hybridized carbons (Fsp3) is 0.583. The van der Waals surface area contributed by atoms with Crippen LogP contribution in [0.15, 0.2) is 12.3 Å². The molecule has 3 nitrogen and oxygen atoms in total. The fourth-order valence-electron chi connectivity index (χ4n) is 2.11. The molecule has 2 heterocycles. The van der Waals surface area contributed by atoms with Gasteiger partial charge in [0.1, 0.15) is 5.82 Å². The van der Waals surface area contributed by atoms with Gasteiger partial charge in [-0.3, -0.25) is 0 Å². The molecule has 0 aromatic carbocycles. The van der Waals surface area contributed by atoms with Crippen molar-refractivity contribution in [2.75, 3.05) is 23.5 Å². The molecule has 0 aliphatic carbocycles. The summed E-state index contributed by atoms with van der Waals surface area (Å²) in [5, 5.41) is 0. The number of hydrogen-bond donors (Lipinski definition) is 1. The van der Waals surface area contributed by atoms with Crippen LogP contribution in [-0.2, 0) is 6.54 Å². The first-order valence-corrected chi connectivity index (χ1v) is 6.84. The molecule has 0 radical (unpaired) electrons. The minimum Gasteiger partial charge on any atom is -0.356 e. The predicted octanol–water partition coefficient (Wildman–Crippen LogP) is 1.79. The van der Waals surface area contributed by atoms with Gasteiger partial charge in [0, 0.05) is 31.6 Å². The molecule has 1 aliphatic rings. The van der Waals surface area contributed by atoms with Gasteiger partial charge in [0.2, 0.25) is 0 Å². The first-order valence-electron chi connectivity index (χ1n) is 5.68. The first-order chi connectivity index (χ1) is 7.72. The number of hydrogen-bond acceptors (Lipinski definition) is 4. The number of rotatable bonds is 3. The zero-order valence-corrected chi connectivity index (χ0v) is 10.8. The van der Waals surface area contributed by atoms with Crippen LogP contribution >= 0.6 is 11.8 Å². The zero-order chi connectivity index (χ0) is 11.5. The van der Waals surface area contributed by atoms with Gasteiger partial charge in [-0.05, 0) is 36.3 Å². The molecule has 1 fully saturated rings. The molecule has 0 bridgehead atoms. The van der Waals surface area contributed by atoms with E-state index in [2.05, 4.69) is 29.9 Å². The van der Waals surface area contributed by atoms with Gasteiger partial charge in [0.15, 0.2) is 0 Å². The molecular weight excluding hydrogens is 218 g/mol. The molecule has 2 N–H and O–H groups in total. The summed E-state index contributed by atoms with van der Waals surface area (Å²) in [7, 11) is 2.15. The van der Waals surface area contributed by atoms with Crippen molar-refractivity contribution in [3.63, 3.8) is 0 Å². The highest BCUT2D eigenvalue weighted by atomic mass is 32.2. The summed E-state index contributed by atoms with van der Waals surface area (Å²) in [6.07, 6.45) is 3.15. The van der Waals surface area contributed by atoms with Crippen LogP contribution in [0.25, 0.3) is 0 Å². The van der Waals surface area contributed by atoms with E-state index >= 15 is 0 Å². The molecule has 1 saturated heterocycles. The van der Waals surface area contributed by atoms with E-state index in [0.717, 1.165) is 11.4 Å². The van der Waals surface area contributed by atoms with Crippen molar-refractivity contribution in [1.82, 2.24) is 4.98 Å². The SMILES string of the molecule is Cc1cc(CN)cnc1N(C)C1CCSC1. The number of nitrogens with two attached hydrogens (primary N) is 1. The van der Waals surface area contributed by atoms with Gasteiger partial charge in [0.25, 0.3) is 0 Å². The lowest BCUT2D eigenvalue weighted by Gasteiger charge is -2.26. The Hall–Kier alpha value is -0.740. The maximum Gasteiger partial charge on any atom is 0.131 e. The molecule has 1 unspecified atom stereocenters.